The number of nitrogens with zero attached hydrogens (tertiary/aromatic N) is 4. The van der Waals surface area contributed by atoms with Crippen LogP contribution in [0.4, 0.5) is 5.82 Å². The number of aromatic nitrogens is 3. The van der Waals surface area contributed by atoms with Gasteiger partial charge in [0, 0.05) is 47.4 Å². The first-order valence-corrected chi connectivity index (χ1v) is 13.7. The maximum absolute atomic E-state index is 13.3. The molecule has 4 aromatic rings. The zero-order valence-electron chi connectivity index (χ0n) is 19.6. The lowest BCUT2D eigenvalue weighted by Crippen LogP contribution is -2.37. The van der Waals surface area contributed by atoms with E-state index in [1.165, 1.54) is 0 Å². The number of hydrazone groups is 1. The molecule has 2 aromatic heterocycles. The van der Waals surface area contributed by atoms with Crippen molar-refractivity contribution >= 4 is 32.3 Å². The molecule has 9 nitrogen and oxygen atoms in total. The Hall–Kier alpha value is -3.76. The monoisotopic (exact) mass is 502 g/mol. The highest BCUT2D eigenvalue weighted by Gasteiger charge is 2.24. The molecule has 2 N–H and O–H groups in total. The first-order valence-electron chi connectivity index (χ1n) is 11.9. The Morgan fingerprint density at radius 2 is 1.83 bits per heavy atom. The van der Waals surface area contributed by atoms with Crippen molar-refractivity contribution in [3.05, 3.63) is 77.6 Å². The number of aromatic amines is 1. The van der Waals surface area contributed by atoms with Crippen LogP contribution in [0, 0.1) is 0 Å². The molecule has 0 spiro atoms. The van der Waals surface area contributed by atoms with Crippen LogP contribution < -0.4 is 10.3 Å². The standard InChI is InChI=1S/C26H26N6O3S/c33-36(34,17-24-22-4-2-1-3-20(22)15-28-31-24)16-21-14-25(32-9-11-35-12-10-32)30-26(29-21)19-5-6-23-18(13-19)7-8-27-23/h1-8,13-14,27-28H,9-12,15-17H2. The minimum atomic E-state index is -3.56. The molecule has 184 valence electrons. The fraction of sp³-hybridized carbons (Fsp3) is 0.269. The average molecular weight is 503 g/mol. The van der Waals surface area contributed by atoms with Gasteiger partial charge in [-0.3, -0.25) is 0 Å². The molecule has 0 atom stereocenters. The number of nitrogens with one attached hydrogen (secondary N) is 2. The van der Waals surface area contributed by atoms with Gasteiger partial charge in [0.05, 0.1) is 42.7 Å². The van der Waals surface area contributed by atoms with Crippen molar-refractivity contribution in [1.29, 1.82) is 0 Å². The van der Waals surface area contributed by atoms with E-state index in [2.05, 4.69) is 20.4 Å². The maximum Gasteiger partial charge on any atom is 0.161 e. The number of H-pyrrole nitrogens is 1. The molecule has 0 aliphatic carbocycles. The Labute approximate surface area is 209 Å². The molecule has 36 heavy (non-hydrogen) atoms. The number of morpholine rings is 1. The Morgan fingerprint density at radius 3 is 2.72 bits per heavy atom. The van der Waals surface area contributed by atoms with Crippen LogP contribution in [-0.4, -0.2) is 61.1 Å². The molecule has 0 saturated carbocycles. The SMILES string of the molecule is O=S(=O)(CC1=NNCc2ccccc21)Cc1cc(N2CCOCC2)nc(-c2ccc3[nH]ccc3c2)n1. The van der Waals surface area contributed by atoms with E-state index in [-0.39, 0.29) is 11.5 Å². The molecule has 0 radical (unpaired) electrons. The largest absolute Gasteiger partial charge is 0.378 e. The summed E-state index contributed by atoms with van der Waals surface area (Å²) in [5, 5.41) is 5.35. The Bertz CT molecular complexity index is 1560. The molecule has 0 bridgehead atoms. The summed E-state index contributed by atoms with van der Waals surface area (Å²) >= 11 is 0. The third kappa shape index (κ3) is 4.69. The van der Waals surface area contributed by atoms with Crippen molar-refractivity contribution in [2.24, 2.45) is 5.10 Å². The number of benzene rings is 2. The summed E-state index contributed by atoms with van der Waals surface area (Å²) in [6.45, 7) is 3.18. The number of hydrogen-bond acceptors (Lipinski definition) is 8. The van der Waals surface area contributed by atoms with Crippen LogP contribution in [0.3, 0.4) is 0 Å². The van der Waals surface area contributed by atoms with Crippen molar-refractivity contribution in [2.45, 2.75) is 12.3 Å². The average Bonchev–Trinajstić information content (AvgIpc) is 3.37. The zero-order valence-corrected chi connectivity index (χ0v) is 20.5. The fourth-order valence-electron chi connectivity index (χ4n) is 4.66. The molecule has 0 unspecified atom stereocenters. The van der Waals surface area contributed by atoms with Crippen molar-refractivity contribution in [3.63, 3.8) is 0 Å². The normalized spacial score (nSPS) is 15.9. The highest BCUT2D eigenvalue weighted by molar-refractivity contribution is 7.91. The molecule has 1 saturated heterocycles. The van der Waals surface area contributed by atoms with Crippen LogP contribution >= 0.6 is 0 Å². The quantitative estimate of drug-likeness (QED) is 0.417. The summed E-state index contributed by atoms with van der Waals surface area (Å²) in [5.74, 6) is 0.852. The molecular formula is C26H26N6O3S. The number of fused-ring (bicyclic) bond motifs is 2. The van der Waals surface area contributed by atoms with Crippen LogP contribution in [0.1, 0.15) is 16.8 Å². The highest BCUT2D eigenvalue weighted by Crippen LogP contribution is 2.25. The van der Waals surface area contributed by atoms with E-state index in [1.807, 2.05) is 54.7 Å². The van der Waals surface area contributed by atoms with Crippen molar-refractivity contribution in [2.75, 3.05) is 37.0 Å². The van der Waals surface area contributed by atoms with Crippen LogP contribution in [0.2, 0.25) is 0 Å². The number of ether oxygens (including phenoxy) is 1. The topological polar surface area (TPSA) is 113 Å². The summed E-state index contributed by atoms with van der Waals surface area (Å²) in [7, 11) is -3.56. The van der Waals surface area contributed by atoms with Gasteiger partial charge in [-0.1, -0.05) is 24.3 Å². The van der Waals surface area contributed by atoms with Crippen LogP contribution in [0.25, 0.3) is 22.3 Å². The van der Waals surface area contributed by atoms with E-state index < -0.39 is 9.84 Å². The second kappa shape index (κ2) is 9.36. The third-order valence-corrected chi connectivity index (χ3v) is 7.90. The van der Waals surface area contributed by atoms with Crippen molar-refractivity contribution in [1.82, 2.24) is 20.4 Å². The van der Waals surface area contributed by atoms with Crippen LogP contribution in [-0.2, 0) is 26.9 Å². The smallest absolute Gasteiger partial charge is 0.161 e. The van der Waals surface area contributed by atoms with Gasteiger partial charge in [0.15, 0.2) is 15.7 Å². The highest BCUT2D eigenvalue weighted by atomic mass is 32.2. The second-order valence-electron chi connectivity index (χ2n) is 9.00. The van der Waals surface area contributed by atoms with Gasteiger partial charge in [0.2, 0.25) is 0 Å². The van der Waals surface area contributed by atoms with Gasteiger partial charge in [0.25, 0.3) is 0 Å². The molecule has 10 heteroatoms. The Morgan fingerprint density at radius 1 is 0.972 bits per heavy atom. The number of sulfone groups is 1. The Balaban J connectivity index is 1.34. The van der Waals surface area contributed by atoms with Crippen LogP contribution in [0.5, 0.6) is 0 Å². The second-order valence-corrected chi connectivity index (χ2v) is 11.1. The summed E-state index contributed by atoms with van der Waals surface area (Å²) in [6, 6.07) is 17.5. The van der Waals surface area contributed by atoms with Gasteiger partial charge in [-0.25, -0.2) is 18.4 Å². The van der Waals surface area contributed by atoms with E-state index in [1.54, 1.807) is 6.07 Å². The Kier molecular flexibility index (Phi) is 5.90. The first-order chi connectivity index (χ1) is 17.5. The molecule has 2 aromatic carbocycles. The lowest BCUT2D eigenvalue weighted by molar-refractivity contribution is 0.122. The van der Waals surface area contributed by atoms with Crippen molar-refractivity contribution < 1.29 is 13.2 Å². The van der Waals surface area contributed by atoms with Crippen molar-refractivity contribution in [3.8, 4) is 11.4 Å². The predicted molar refractivity (Wildman–Crippen MR) is 140 cm³/mol. The molecule has 0 amide bonds. The first kappa shape index (κ1) is 22.7. The molecule has 6 rings (SSSR count). The predicted octanol–water partition coefficient (Wildman–Crippen LogP) is 2.88. The van der Waals surface area contributed by atoms with Gasteiger partial charge in [-0.15, -0.1) is 0 Å². The molecule has 1 fully saturated rings. The lowest BCUT2D eigenvalue weighted by Gasteiger charge is -2.28. The van der Waals surface area contributed by atoms with Gasteiger partial charge in [0.1, 0.15) is 5.82 Å². The minimum Gasteiger partial charge on any atom is -0.378 e. The van der Waals surface area contributed by atoms with E-state index in [0.717, 1.165) is 27.6 Å². The maximum atomic E-state index is 13.3. The van der Waals surface area contributed by atoms with E-state index in [0.29, 0.717) is 55.9 Å². The number of anilines is 1. The van der Waals surface area contributed by atoms with E-state index in [4.69, 9.17) is 14.7 Å². The van der Waals surface area contributed by atoms with Gasteiger partial charge < -0.3 is 20.0 Å². The minimum absolute atomic E-state index is 0.168. The van der Waals surface area contributed by atoms with Gasteiger partial charge >= 0.3 is 0 Å². The summed E-state index contributed by atoms with van der Waals surface area (Å²) < 4.78 is 32.2. The van der Waals surface area contributed by atoms with Gasteiger partial charge in [-0.05, 0) is 29.8 Å². The van der Waals surface area contributed by atoms with E-state index >= 15 is 0 Å². The fourth-order valence-corrected chi connectivity index (χ4v) is 6.00. The van der Waals surface area contributed by atoms with Gasteiger partial charge in [-0.2, -0.15) is 5.10 Å². The number of hydrogen-bond donors (Lipinski definition) is 2. The summed E-state index contributed by atoms with van der Waals surface area (Å²) in [4.78, 5) is 14.8. The van der Waals surface area contributed by atoms with E-state index in [9.17, 15) is 8.42 Å². The third-order valence-electron chi connectivity index (χ3n) is 6.45. The summed E-state index contributed by atoms with van der Waals surface area (Å²) in [5.41, 5.74) is 7.71. The number of rotatable bonds is 6. The van der Waals surface area contributed by atoms with Crippen LogP contribution in [0.15, 0.2) is 65.9 Å². The summed E-state index contributed by atoms with van der Waals surface area (Å²) in [6.07, 6.45) is 1.89. The molecule has 2 aliphatic heterocycles. The molecular weight excluding hydrogens is 476 g/mol. The molecule has 4 heterocycles. The molecule has 2 aliphatic rings. The zero-order chi connectivity index (χ0) is 24.5. The lowest BCUT2D eigenvalue weighted by atomic mass is 10.0.